The number of nitrogens with zero attached hydrogens (tertiary/aromatic N) is 5. The number of rotatable bonds is 12. The predicted molar refractivity (Wildman–Crippen MR) is 235 cm³/mol. The molecular formula is C44H49ClN8O6S. The normalized spacial score (nSPS) is 18.1. The van der Waals surface area contributed by atoms with Crippen molar-refractivity contribution < 1.29 is 22.9 Å². The lowest BCUT2D eigenvalue weighted by Gasteiger charge is -2.39. The first-order valence-corrected chi connectivity index (χ1v) is 22.0. The first kappa shape index (κ1) is 41.3. The molecule has 0 unspecified atom stereocenters. The predicted octanol–water partition coefficient (Wildman–Crippen LogP) is 7.72. The third kappa shape index (κ3) is 8.99. The summed E-state index contributed by atoms with van der Waals surface area (Å²) >= 11 is 6.24. The summed E-state index contributed by atoms with van der Waals surface area (Å²) in [7, 11) is -0.777. The minimum atomic E-state index is -4.56. The number of amides is 1. The highest BCUT2D eigenvalue weighted by Gasteiger charge is 2.34. The smallest absolute Gasteiger partial charge is 0.293 e. The molecule has 1 amide bonds. The molecule has 2 aromatic heterocycles. The van der Waals surface area contributed by atoms with Crippen LogP contribution in [0.4, 0.5) is 17.1 Å². The Labute approximate surface area is 354 Å². The van der Waals surface area contributed by atoms with Gasteiger partial charge >= 0.3 is 0 Å². The number of nitro benzene ring substituents is 1. The van der Waals surface area contributed by atoms with E-state index in [2.05, 4.69) is 55.8 Å². The number of aromatic amines is 1. The summed E-state index contributed by atoms with van der Waals surface area (Å²) in [6.07, 6.45) is 6.88. The Morgan fingerprint density at radius 2 is 1.83 bits per heavy atom. The third-order valence-electron chi connectivity index (χ3n) is 11.7. The Balaban J connectivity index is 1.03. The van der Waals surface area contributed by atoms with E-state index in [4.69, 9.17) is 16.3 Å². The van der Waals surface area contributed by atoms with Gasteiger partial charge in [-0.2, -0.15) is 0 Å². The number of halogens is 1. The van der Waals surface area contributed by atoms with E-state index >= 15 is 0 Å². The zero-order valence-corrected chi connectivity index (χ0v) is 35.7. The fourth-order valence-corrected chi connectivity index (χ4v) is 9.73. The van der Waals surface area contributed by atoms with Crippen LogP contribution in [0.2, 0.25) is 5.02 Å². The second kappa shape index (κ2) is 16.5. The van der Waals surface area contributed by atoms with Crippen LogP contribution in [0.5, 0.6) is 11.5 Å². The summed E-state index contributed by atoms with van der Waals surface area (Å²) in [4.78, 5) is 39.2. The Morgan fingerprint density at radius 1 is 1.07 bits per heavy atom. The zero-order valence-electron chi connectivity index (χ0n) is 34.1. The zero-order chi connectivity index (χ0) is 42.3. The van der Waals surface area contributed by atoms with E-state index in [0.717, 1.165) is 74.1 Å². The van der Waals surface area contributed by atoms with Gasteiger partial charge in [-0.1, -0.05) is 43.2 Å². The minimum Gasteiger partial charge on any atom is -0.455 e. The molecule has 1 fully saturated rings. The third-order valence-corrected chi connectivity index (χ3v) is 13.2. The summed E-state index contributed by atoms with van der Waals surface area (Å²) in [5, 5.41) is 16.8. The first-order chi connectivity index (χ1) is 28.6. The van der Waals surface area contributed by atoms with Crippen molar-refractivity contribution in [1.29, 1.82) is 0 Å². The molecule has 1 aliphatic carbocycles. The molecule has 0 saturated carbocycles. The number of allylic oxidation sites excluding steroid dienone is 1. The number of hydrogen-bond acceptors (Lipinski definition) is 11. The van der Waals surface area contributed by atoms with Gasteiger partial charge in [0.15, 0.2) is 0 Å². The van der Waals surface area contributed by atoms with Crippen LogP contribution in [0, 0.1) is 15.5 Å². The highest BCUT2D eigenvalue weighted by Crippen LogP contribution is 2.44. The molecule has 4 heterocycles. The van der Waals surface area contributed by atoms with E-state index in [1.165, 1.54) is 29.0 Å². The topological polar surface area (TPSA) is 166 Å². The van der Waals surface area contributed by atoms with E-state index in [1.54, 1.807) is 30.5 Å². The number of fused-ring (bicyclic) bond motifs is 2. The number of sulfonamides is 1. The molecule has 3 aliphatic rings. The molecule has 314 valence electrons. The number of nitrogens with one attached hydrogen (secondary N) is 3. The summed E-state index contributed by atoms with van der Waals surface area (Å²) in [6.45, 7) is 9.25. The lowest BCUT2D eigenvalue weighted by molar-refractivity contribution is -0.384. The van der Waals surface area contributed by atoms with Crippen LogP contribution in [0.3, 0.4) is 0 Å². The molecule has 60 heavy (non-hydrogen) atoms. The number of carbonyl (C=O) groups excluding carboxylic acids is 1. The molecule has 14 nitrogen and oxygen atoms in total. The Hall–Kier alpha value is -5.48. The molecule has 0 bridgehead atoms. The maximum Gasteiger partial charge on any atom is 0.293 e. The molecule has 8 rings (SSSR count). The minimum absolute atomic E-state index is 0.0274. The number of pyridine rings is 1. The highest BCUT2D eigenvalue weighted by atomic mass is 35.5. The molecule has 0 radical (unpaired) electrons. The van der Waals surface area contributed by atoms with Gasteiger partial charge in [-0.15, -0.1) is 0 Å². The lowest BCUT2D eigenvalue weighted by Crippen LogP contribution is -2.47. The van der Waals surface area contributed by atoms with Crippen LogP contribution < -0.4 is 19.7 Å². The summed E-state index contributed by atoms with van der Waals surface area (Å²) in [5.41, 5.74) is 6.20. The van der Waals surface area contributed by atoms with Crippen LogP contribution in [0.25, 0.3) is 16.6 Å². The van der Waals surface area contributed by atoms with Gasteiger partial charge in [0.05, 0.1) is 21.6 Å². The Bertz CT molecular complexity index is 2600. The van der Waals surface area contributed by atoms with Gasteiger partial charge in [-0.05, 0) is 104 Å². The van der Waals surface area contributed by atoms with Gasteiger partial charge in [0, 0.05) is 79.7 Å². The average molecular weight is 853 g/mol. The van der Waals surface area contributed by atoms with Crippen LogP contribution in [-0.4, -0.2) is 98.4 Å². The van der Waals surface area contributed by atoms with Gasteiger partial charge < -0.3 is 24.8 Å². The molecule has 1 saturated heterocycles. The fraction of sp³-hybridized carbons (Fsp3) is 0.364. The number of carbonyl (C=O) groups is 1. The molecule has 3 N–H and O–H groups in total. The lowest BCUT2D eigenvalue weighted by atomic mass is 9.72. The summed E-state index contributed by atoms with van der Waals surface area (Å²) in [6, 6.07) is 19.1. The quantitative estimate of drug-likeness (QED) is 0.0831. The maximum atomic E-state index is 14.0. The fourth-order valence-electron chi connectivity index (χ4n) is 8.57. The van der Waals surface area contributed by atoms with Crippen molar-refractivity contribution in [2.45, 2.75) is 50.5 Å². The molecule has 3 aromatic carbocycles. The van der Waals surface area contributed by atoms with Gasteiger partial charge in [0.1, 0.15) is 22.8 Å². The maximum absolute atomic E-state index is 14.0. The Kier molecular flexibility index (Phi) is 11.4. The van der Waals surface area contributed by atoms with E-state index in [1.807, 2.05) is 37.2 Å². The van der Waals surface area contributed by atoms with Gasteiger partial charge in [-0.3, -0.25) is 19.8 Å². The number of piperazine rings is 1. The van der Waals surface area contributed by atoms with Gasteiger partial charge in [0.25, 0.3) is 21.6 Å². The number of nitro groups is 1. The summed E-state index contributed by atoms with van der Waals surface area (Å²) in [5.74, 6) is -0.447. The number of H-pyrrole nitrogens is 1. The SMILES string of the molecule is CN(C)C[C@H]1Cc2cc(S(=O)(=O)NC(=O)c3ccc(N4CCN(CC5=C(c6ccc(Cl)cc6)CC(C)(C)CC5)CC4)cc3Oc3cnc4[nH]ccc4c3)cc([N+](=O)[O-])c2N1. The molecule has 0 spiro atoms. The van der Waals surface area contributed by atoms with Crippen molar-refractivity contribution in [1.82, 2.24) is 24.5 Å². The molecule has 1 atom stereocenters. The Morgan fingerprint density at radius 3 is 2.57 bits per heavy atom. The molecule has 16 heteroatoms. The van der Waals surface area contributed by atoms with E-state index in [9.17, 15) is 23.3 Å². The molecule has 5 aromatic rings. The molecule has 2 aliphatic heterocycles. The van der Waals surface area contributed by atoms with Crippen molar-refractivity contribution in [2.24, 2.45) is 5.41 Å². The number of ether oxygens (including phenoxy) is 1. The van der Waals surface area contributed by atoms with Crippen molar-refractivity contribution >= 4 is 61.2 Å². The first-order valence-electron chi connectivity index (χ1n) is 20.1. The van der Waals surface area contributed by atoms with E-state index < -0.39 is 20.9 Å². The number of benzene rings is 3. The summed E-state index contributed by atoms with van der Waals surface area (Å²) < 4.78 is 36.1. The number of hydrogen-bond donors (Lipinski definition) is 3. The highest BCUT2D eigenvalue weighted by molar-refractivity contribution is 7.90. The van der Waals surface area contributed by atoms with Crippen LogP contribution in [0.1, 0.15) is 54.6 Å². The van der Waals surface area contributed by atoms with E-state index in [-0.39, 0.29) is 39.0 Å². The van der Waals surface area contributed by atoms with Crippen molar-refractivity contribution in [3.05, 3.63) is 117 Å². The monoisotopic (exact) mass is 852 g/mol. The second-order valence-corrected chi connectivity index (χ2v) is 19.2. The average Bonchev–Trinajstić information content (AvgIpc) is 3.84. The number of anilines is 2. The van der Waals surface area contributed by atoms with Crippen molar-refractivity contribution in [3.8, 4) is 11.5 Å². The molecular weight excluding hydrogens is 804 g/mol. The second-order valence-electron chi connectivity index (χ2n) is 17.0. The van der Waals surface area contributed by atoms with Gasteiger partial charge in [0.2, 0.25) is 0 Å². The van der Waals surface area contributed by atoms with Crippen LogP contribution >= 0.6 is 11.6 Å². The standard InChI is InChI=1S/C44H49ClN8O6S/c1-44(2)13-11-30(38(24-44)28-5-7-32(45)8-6-28)26-51-15-17-52(18-16-51)34-9-10-37(40(22-34)59-35-20-29-12-14-46-42(29)47-25-35)43(54)49-60(57,58)36-21-31-19-33(27-50(3)4)48-41(31)39(23-36)53(55)56/h5-10,12,14,20-23,25,33,48H,11,13,15-19,24,26-27H2,1-4H3,(H,46,47)(H,49,54)/t33-/m1/s1. The van der Waals surface area contributed by atoms with Crippen molar-refractivity contribution in [3.63, 3.8) is 0 Å². The number of likely N-dealkylation sites (N-methyl/N-ethyl adjacent to an activating group) is 1. The van der Waals surface area contributed by atoms with Gasteiger partial charge in [-0.25, -0.2) is 18.1 Å². The van der Waals surface area contributed by atoms with Crippen molar-refractivity contribution in [2.75, 3.05) is 63.6 Å². The van der Waals surface area contributed by atoms with E-state index in [0.29, 0.717) is 29.9 Å². The van der Waals surface area contributed by atoms with Crippen LogP contribution in [0.15, 0.2) is 89.6 Å². The van der Waals surface area contributed by atoms with Crippen LogP contribution in [-0.2, 0) is 16.4 Å². The largest absolute Gasteiger partial charge is 0.455 e. The number of aromatic nitrogens is 2.